The summed E-state index contributed by atoms with van der Waals surface area (Å²) in [4.78, 5) is 0. The van der Waals surface area contributed by atoms with Gasteiger partial charge in [0, 0.05) is 66.1 Å². The first-order valence-corrected chi connectivity index (χ1v) is 22.3. The molecule has 0 atom stereocenters. The van der Waals surface area contributed by atoms with Gasteiger partial charge in [-0.1, -0.05) is 140 Å². The molecule has 14 rings (SSSR count). The van der Waals surface area contributed by atoms with Gasteiger partial charge in [-0.25, -0.2) is 0 Å². The highest BCUT2D eigenvalue weighted by molar-refractivity contribution is 6.26. The minimum Gasteiger partial charge on any atom is -0.309 e. The molecule has 0 unspecified atom stereocenters. The van der Waals surface area contributed by atoms with Gasteiger partial charge in [-0.15, -0.1) is 0 Å². The van der Waals surface area contributed by atoms with Gasteiger partial charge in [0.15, 0.2) is 0 Å². The summed E-state index contributed by atoms with van der Waals surface area (Å²) < 4.78 is 9.93. The predicted octanol–water partition coefficient (Wildman–Crippen LogP) is 15.5. The average molecular weight is 817 g/mol. The Morgan fingerprint density at radius 2 is 0.797 bits per heavy atom. The van der Waals surface area contributed by atoms with Gasteiger partial charge in [0.2, 0.25) is 0 Å². The SMILES string of the molecule is C1=Cc2c(c3ccc4c5ccccc5n(-c5cccc(-c6cccc(-n7c8ccccc8c8c7ccc7c9ccccc9n(-c9ccccc9)c78)c6)c5)c4c3n2-c2ccccc2)CC1. The summed E-state index contributed by atoms with van der Waals surface area (Å²) in [7, 11) is 0. The summed E-state index contributed by atoms with van der Waals surface area (Å²) in [6.45, 7) is 0. The second kappa shape index (κ2) is 13.6. The van der Waals surface area contributed by atoms with Crippen molar-refractivity contribution in [2.45, 2.75) is 12.8 Å². The Balaban J connectivity index is 0.990. The second-order valence-electron chi connectivity index (χ2n) is 17.2. The minimum absolute atomic E-state index is 1.03. The average Bonchev–Trinajstić information content (AvgIpc) is 4.10. The zero-order valence-electron chi connectivity index (χ0n) is 35.0. The van der Waals surface area contributed by atoms with Crippen LogP contribution in [-0.2, 0) is 6.42 Å². The zero-order chi connectivity index (χ0) is 41.9. The van der Waals surface area contributed by atoms with E-state index in [0.717, 1.165) is 29.9 Å². The topological polar surface area (TPSA) is 19.7 Å². The number of aryl methyl sites for hydroxylation is 1. The molecule has 300 valence electrons. The van der Waals surface area contributed by atoms with E-state index < -0.39 is 0 Å². The first-order chi connectivity index (χ1) is 31.8. The Hall–Kier alpha value is -8.34. The number of allylic oxidation sites excluding steroid dienone is 1. The number of fused-ring (bicyclic) bond motifs is 14. The number of para-hydroxylation sites is 5. The predicted molar refractivity (Wildman–Crippen MR) is 269 cm³/mol. The summed E-state index contributed by atoms with van der Waals surface area (Å²) in [5, 5.41) is 8.87. The number of hydrogen-bond donors (Lipinski definition) is 0. The van der Waals surface area contributed by atoms with E-state index in [2.05, 4.69) is 237 Å². The van der Waals surface area contributed by atoms with Gasteiger partial charge < -0.3 is 18.3 Å². The van der Waals surface area contributed by atoms with Crippen LogP contribution < -0.4 is 0 Å². The van der Waals surface area contributed by atoms with Crippen LogP contribution in [-0.4, -0.2) is 18.3 Å². The molecule has 0 radical (unpaired) electrons. The lowest BCUT2D eigenvalue weighted by atomic mass is 10.00. The number of aromatic nitrogens is 4. The molecule has 0 bridgehead atoms. The summed E-state index contributed by atoms with van der Waals surface area (Å²) in [6.07, 6.45) is 6.75. The van der Waals surface area contributed by atoms with Crippen LogP contribution in [0.2, 0.25) is 0 Å². The molecule has 1 aliphatic carbocycles. The van der Waals surface area contributed by atoms with E-state index in [9.17, 15) is 0 Å². The molecule has 0 amide bonds. The van der Waals surface area contributed by atoms with E-state index in [-0.39, 0.29) is 0 Å². The minimum atomic E-state index is 1.03. The fourth-order valence-corrected chi connectivity index (χ4v) is 11.2. The van der Waals surface area contributed by atoms with Crippen molar-refractivity contribution in [1.82, 2.24) is 18.3 Å². The number of hydrogen-bond acceptors (Lipinski definition) is 0. The van der Waals surface area contributed by atoms with Crippen molar-refractivity contribution < 1.29 is 0 Å². The van der Waals surface area contributed by atoms with Crippen molar-refractivity contribution in [3.05, 3.63) is 224 Å². The fourth-order valence-electron chi connectivity index (χ4n) is 11.2. The second-order valence-corrected chi connectivity index (χ2v) is 17.2. The van der Waals surface area contributed by atoms with Crippen molar-refractivity contribution >= 4 is 82.4 Å². The number of benzene rings is 9. The summed E-state index contributed by atoms with van der Waals surface area (Å²) >= 11 is 0. The molecule has 4 nitrogen and oxygen atoms in total. The van der Waals surface area contributed by atoms with E-state index in [1.165, 1.54) is 104 Å². The van der Waals surface area contributed by atoms with E-state index in [1.807, 2.05) is 0 Å². The molecule has 0 saturated heterocycles. The van der Waals surface area contributed by atoms with Crippen molar-refractivity contribution in [3.63, 3.8) is 0 Å². The van der Waals surface area contributed by atoms with Crippen LogP contribution >= 0.6 is 0 Å². The standard InChI is InChI=1S/C60H40N4/c1-3-19-41(20-4-1)62-52-29-11-7-25-45(52)48-35-36-56-57(58(48)62)51-28-10-14-32-55(51)61(56)43-23-15-17-39(37-43)40-18-16-24-44(38-40)64-54-31-13-9-27-47(54)50-34-33-49-46-26-8-12-30-53(46)63(59(49)60(50)64)42-21-5-2-6-22-42/h1-7,9-25,27-38H,8,26H2. The smallest absolute Gasteiger partial charge is 0.0788 e. The van der Waals surface area contributed by atoms with Crippen LogP contribution in [0.4, 0.5) is 0 Å². The van der Waals surface area contributed by atoms with Gasteiger partial charge in [0.1, 0.15) is 0 Å². The van der Waals surface area contributed by atoms with Gasteiger partial charge in [0.05, 0.1) is 38.6 Å². The van der Waals surface area contributed by atoms with Gasteiger partial charge >= 0.3 is 0 Å². The molecule has 0 fully saturated rings. The van der Waals surface area contributed by atoms with E-state index in [1.54, 1.807) is 0 Å². The lowest BCUT2D eigenvalue weighted by molar-refractivity contribution is 0.967. The molecule has 1 aliphatic rings. The monoisotopic (exact) mass is 816 g/mol. The van der Waals surface area contributed by atoms with E-state index in [0.29, 0.717) is 0 Å². The molecular weight excluding hydrogens is 777 g/mol. The normalized spacial score (nSPS) is 12.8. The maximum Gasteiger partial charge on any atom is 0.0788 e. The third-order valence-electron chi connectivity index (χ3n) is 13.8. The van der Waals surface area contributed by atoms with Crippen molar-refractivity contribution in [1.29, 1.82) is 0 Å². The number of rotatable bonds is 5. The fraction of sp³-hybridized carbons (Fsp3) is 0.0333. The summed E-state index contributed by atoms with van der Waals surface area (Å²) in [6, 6.07) is 75.9. The van der Waals surface area contributed by atoms with Crippen molar-refractivity contribution in [3.8, 4) is 33.9 Å². The number of nitrogens with zero attached hydrogens (tertiary/aromatic N) is 4. The third kappa shape index (κ3) is 4.93. The Kier molecular flexibility index (Phi) is 7.48. The lowest BCUT2D eigenvalue weighted by Gasteiger charge is -2.15. The Morgan fingerprint density at radius 3 is 1.47 bits per heavy atom. The van der Waals surface area contributed by atoms with Gasteiger partial charge in [0.25, 0.3) is 0 Å². The Morgan fingerprint density at radius 1 is 0.312 bits per heavy atom. The third-order valence-corrected chi connectivity index (χ3v) is 13.8. The lowest BCUT2D eigenvalue weighted by Crippen LogP contribution is -2.01. The van der Waals surface area contributed by atoms with Crippen molar-refractivity contribution in [2.24, 2.45) is 0 Å². The molecule has 0 spiro atoms. The van der Waals surface area contributed by atoms with Crippen LogP contribution in [0.5, 0.6) is 0 Å². The zero-order valence-corrected chi connectivity index (χ0v) is 35.0. The van der Waals surface area contributed by atoms with Crippen LogP contribution in [0.15, 0.2) is 212 Å². The Labute approximate surface area is 369 Å². The highest BCUT2D eigenvalue weighted by Gasteiger charge is 2.25. The van der Waals surface area contributed by atoms with Crippen LogP contribution in [0.1, 0.15) is 17.7 Å². The molecule has 0 aliphatic heterocycles. The molecule has 4 heteroatoms. The first-order valence-electron chi connectivity index (χ1n) is 22.3. The molecule has 0 saturated carbocycles. The molecule has 4 heterocycles. The maximum atomic E-state index is 2.51. The van der Waals surface area contributed by atoms with Crippen LogP contribution in [0.3, 0.4) is 0 Å². The van der Waals surface area contributed by atoms with Gasteiger partial charge in [-0.3, -0.25) is 0 Å². The quantitative estimate of drug-likeness (QED) is 0.165. The van der Waals surface area contributed by atoms with Crippen LogP contribution in [0, 0.1) is 0 Å². The Bertz CT molecular complexity index is 4060. The largest absolute Gasteiger partial charge is 0.309 e. The highest BCUT2D eigenvalue weighted by atomic mass is 15.1. The molecular formula is C60H40N4. The molecule has 13 aromatic rings. The van der Waals surface area contributed by atoms with Crippen molar-refractivity contribution in [2.75, 3.05) is 0 Å². The molecule has 9 aromatic carbocycles. The molecule has 0 N–H and O–H groups in total. The summed E-state index contributed by atoms with van der Waals surface area (Å²) in [5.41, 5.74) is 18.2. The first kappa shape index (κ1) is 35.3. The molecule has 4 aromatic heterocycles. The van der Waals surface area contributed by atoms with Gasteiger partial charge in [-0.2, -0.15) is 0 Å². The maximum absolute atomic E-state index is 2.51. The highest BCUT2D eigenvalue weighted by Crippen LogP contribution is 2.44. The van der Waals surface area contributed by atoms with E-state index >= 15 is 0 Å². The van der Waals surface area contributed by atoms with Crippen LogP contribution in [0.25, 0.3) is 116 Å². The summed E-state index contributed by atoms with van der Waals surface area (Å²) in [5.74, 6) is 0. The van der Waals surface area contributed by atoms with E-state index in [4.69, 9.17) is 0 Å². The molecule has 64 heavy (non-hydrogen) atoms. The van der Waals surface area contributed by atoms with Gasteiger partial charge in [-0.05, 0) is 108 Å².